The SMILES string of the molecule is Cc1cc(C(=O)N2CCN(C(C)C#N)CC2)c(F)cc1F. The molecule has 0 radical (unpaired) electrons. The van der Waals surface area contributed by atoms with Crippen LogP contribution in [0.25, 0.3) is 0 Å². The van der Waals surface area contributed by atoms with Gasteiger partial charge in [-0.25, -0.2) is 8.78 Å². The Morgan fingerprint density at radius 3 is 2.43 bits per heavy atom. The third-order valence-corrected chi connectivity index (χ3v) is 3.81. The van der Waals surface area contributed by atoms with Gasteiger partial charge in [0, 0.05) is 32.2 Å². The van der Waals surface area contributed by atoms with Gasteiger partial charge in [-0.2, -0.15) is 5.26 Å². The van der Waals surface area contributed by atoms with E-state index in [4.69, 9.17) is 5.26 Å². The number of rotatable bonds is 2. The zero-order chi connectivity index (χ0) is 15.6. The van der Waals surface area contributed by atoms with Crippen molar-refractivity contribution in [3.05, 3.63) is 34.9 Å². The van der Waals surface area contributed by atoms with Crippen LogP contribution in [0.2, 0.25) is 0 Å². The topological polar surface area (TPSA) is 47.3 Å². The van der Waals surface area contributed by atoms with Crippen molar-refractivity contribution in [1.82, 2.24) is 9.80 Å². The Kier molecular flexibility index (Phi) is 4.53. The molecule has 1 aliphatic heterocycles. The van der Waals surface area contributed by atoms with Gasteiger partial charge in [0.15, 0.2) is 0 Å². The first-order valence-electron chi connectivity index (χ1n) is 6.82. The van der Waals surface area contributed by atoms with E-state index in [1.165, 1.54) is 17.9 Å². The smallest absolute Gasteiger partial charge is 0.256 e. The number of amides is 1. The lowest BCUT2D eigenvalue weighted by Crippen LogP contribution is -2.51. The fraction of sp³-hybridized carbons (Fsp3) is 0.467. The normalized spacial score (nSPS) is 17.4. The van der Waals surface area contributed by atoms with Crippen LogP contribution < -0.4 is 0 Å². The Balaban J connectivity index is 2.09. The van der Waals surface area contributed by atoms with E-state index < -0.39 is 17.5 Å². The summed E-state index contributed by atoms with van der Waals surface area (Å²) in [5.74, 6) is -1.92. The highest BCUT2D eigenvalue weighted by Gasteiger charge is 2.26. The molecule has 1 fully saturated rings. The lowest BCUT2D eigenvalue weighted by atomic mass is 10.1. The van der Waals surface area contributed by atoms with Crippen molar-refractivity contribution in [3.63, 3.8) is 0 Å². The summed E-state index contributed by atoms with van der Waals surface area (Å²) >= 11 is 0. The van der Waals surface area contributed by atoms with E-state index in [0.717, 1.165) is 6.07 Å². The van der Waals surface area contributed by atoms with Crippen molar-refractivity contribution in [2.24, 2.45) is 0 Å². The van der Waals surface area contributed by atoms with E-state index in [-0.39, 0.29) is 17.2 Å². The maximum Gasteiger partial charge on any atom is 0.256 e. The molecule has 1 aliphatic rings. The molecule has 0 N–H and O–H groups in total. The molecule has 6 heteroatoms. The molecule has 4 nitrogen and oxygen atoms in total. The first-order chi connectivity index (χ1) is 9.93. The third-order valence-electron chi connectivity index (χ3n) is 3.81. The van der Waals surface area contributed by atoms with Crippen LogP contribution in [0, 0.1) is 29.9 Å². The molecule has 1 aromatic rings. The van der Waals surface area contributed by atoms with Gasteiger partial charge >= 0.3 is 0 Å². The molecule has 1 aromatic carbocycles. The van der Waals surface area contributed by atoms with Crippen molar-refractivity contribution >= 4 is 5.91 Å². The van der Waals surface area contributed by atoms with E-state index >= 15 is 0 Å². The van der Waals surface area contributed by atoms with Gasteiger partial charge in [-0.1, -0.05) is 0 Å². The fourth-order valence-corrected chi connectivity index (χ4v) is 2.39. The molecule has 0 bridgehead atoms. The van der Waals surface area contributed by atoms with Gasteiger partial charge in [0.25, 0.3) is 5.91 Å². The molecule has 1 heterocycles. The number of nitriles is 1. The van der Waals surface area contributed by atoms with Gasteiger partial charge in [-0.3, -0.25) is 9.69 Å². The Morgan fingerprint density at radius 1 is 1.24 bits per heavy atom. The second-order valence-electron chi connectivity index (χ2n) is 5.21. The van der Waals surface area contributed by atoms with E-state index in [1.807, 2.05) is 4.90 Å². The number of piperazine rings is 1. The number of benzene rings is 1. The zero-order valence-electron chi connectivity index (χ0n) is 12.1. The molecular formula is C15H17F2N3O. The van der Waals surface area contributed by atoms with E-state index in [9.17, 15) is 13.6 Å². The minimum absolute atomic E-state index is 0.101. The summed E-state index contributed by atoms with van der Waals surface area (Å²) < 4.78 is 27.0. The lowest BCUT2D eigenvalue weighted by molar-refractivity contribution is 0.0611. The van der Waals surface area contributed by atoms with Crippen LogP contribution in [0.4, 0.5) is 8.78 Å². The molecule has 1 unspecified atom stereocenters. The average Bonchev–Trinajstić information content (AvgIpc) is 2.49. The quantitative estimate of drug-likeness (QED) is 0.837. The fourth-order valence-electron chi connectivity index (χ4n) is 2.39. The summed E-state index contributed by atoms with van der Waals surface area (Å²) in [5.41, 5.74) is 0.146. The summed E-state index contributed by atoms with van der Waals surface area (Å²) in [6.45, 7) is 5.31. The van der Waals surface area contributed by atoms with Crippen LogP contribution in [0.1, 0.15) is 22.8 Å². The number of hydrogen-bond acceptors (Lipinski definition) is 3. The van der Waals surface area contributed by atoms with Gasteiger partial charge in [0.1, 0.15) is 11.6 Å². The zero-order valence-corrected chi connectivity index (χ0v) is 12.1. The highest BCUT2D eigenvalue weighted by molar-refractivity contribution is 5.94. The number of hydrogen-bond donors (Lipinski definition) is 0. The molecule has 0 aromatic heterocycles. The van der Waals surface area contributed by atoms with Crippen LogP contribution in [-0.4, -0.2) is 47.9 Å². The van der Waals surface area contributed by atoms with Crippen molar-refractivity contribution in [2.45, 2.75) is 19.9 Å². The second kappa shape index (κ2) is 6.19. The number of nitrogens with zero attached hydrogens (tertiary/aromatic N) is 3. The van der Waals surface area contributed by atoms with E-state index in [1.54, 1.807) is 6.92 Å². The number of carbonyl (C=O) groups excluding carboxylic acids is 1. The molecule has 0 saturated carbocycles. The number of aryl methyl sites for hydroxylation is 1. The Morgan fingerprint density at radius 2 is 1.86 bits per heavy atom. The summed E-state index contributed by atoms with van der Waals surface area (Å²) in [6, 6.07) is 3.95. The van der Waals surface area contributed by atoms with Gasteiger partial charge in [0.05, 0.1) is 17.7 Å². The van der Waals surface area contributed by atoms with Crippen molar-refractivity contribution in [3.8, 4) is 6.07 Å². The van der Waals surface area contributed by atoms with Crippen molar-refractivity contribution in [1.29, 1.82) is 5.26 Å². The van der Waals surface area contributed by atoms with E-state index in [2.05, 4.69) is 6.07 Å². The van der Waals surface area contributed by atoms with Crippen LogP contribution in [0.15, 0.2) is 12.1 Å². The third kappa shape index (κ3) is 3.19. The summed E-state index contributed by atoms with van der Waals surface area (Å²) in [5, 5.41) is 8.88. The van der Waals surface area contributed by atoms with Crippen LogP contribution >= 0.6 is 0 Å². The highest BCUT2D eigenvalue weighted by Crippen LogP contribution is 2.17. The molecule has 1 atom stereocenters. The molecule has 21 heavy (non-hydrogen) atoms. The Bertz CT molecular complexity index is 589. The Hall–Kier alpha value is -2.00. The first kappa shape index (κ1) is 15.4. The molecule has 2 rings (SSSR count). The minimum Gasteiger partial charge on any atom is -0.336 e. The van der Waals surface area contributed by atoms with Gasteiger partial charge in [0.2, 0.25) is 0 Å². The summed E-state index contributed by atoms with van der Waals surface area (Å²) in [6.07, 6.45) is 0. The molecule has 112 valence electrons. The lowest BCUT2D eigenvalue weighted by Gasteiger charge is -2.36. The van der Waals surface area contributed by atoms with Gasteiger partial charge in [-0.15, -0.1) is 0 Å². The van der Waals surface area contributed by atoms with Crippen molar-refractivity contribution < 1.29 is 13.6 Å². The monoisotopic (exact) mass is 293 g/mol. The summed E-state index contributed by atoms with van der Waals surface area (Å²) in [7, 11) is 0. The molecule has 1 amide bonds. The van der Waals surface area contributed by atoms with Crippen LogP contribution in [0.3, 0.4) is 0 Å². The number of halogens is 2. The first-order valence-corrected chi connectivity index (χ1v) is 6.82. The van der Waals surface area contributed by atoms with Crippen LogP contribution in [-0.2, 0) is 0 Å². The second-order valence-corrected chi connectivity index (χ2v) is 5.21. The van der Waals surface area contributed by atoms with Gasteiger partial charge < -0.3 is 4.90 Å². The van der Waals surface area contributed by atoms with E-state index in [0.29, 0.717) is 26.2 Å². The molecule has 0 aliphatic carbocycles. The Labute approximate surface area is 122 Å². The van der Waals surface area contributed by atoms with Crippen LogP contribution in [0.5, 0.6) is 0 Å². The standard InChI is InChI=1S/C15H17F2N3O/c1-10-7-12(14(17)8-13(10)16)15(21)20-5-3-19(4-6-20)11(2)9-18/h7-8,11H,3-6H2,1-2H3. The largest absolute Gasteiger partial charge is 0.336 e. The minimum atomic E-state index is -0.837. The number of carbonyl (C=O) groups is 1. The molecule has 0 spiro atoms. The molecular weight excluding hydrogens is 276 g/mol. The maximum absolute atomic E-state index is 13.8. The highest BCUT2D eigenvalue weighted by atomic mass is 19.1. The summed E-state index contributed by atoms with van der Waals surface area (Å²) in [4.78, 5) is 15.8. The van der Waals surface area contributed by atoms with Gasteiger partial charge in [-0.05, 0) is 25.5 Å². The maximum atomic E-state index is 13.8. The molecule has 1 saturated heterocycles. The predicted molar refractivity (Wildman–Crippen MR) is 73.6 cm³/mol. The van der Waals surface area contributed by atoms with Crippen molar-refractivity contribution in [2.75, 3.05) is 26.2 Å². The predicted octanol–water partition coefficient (Wildman–Crippen LogP) is 1.94. The average molecular weight is 293 g/mol.